The van der Waals surface area contributed by atoms with Crippen LogP contribution in [-0.4, -0.2) is 36.1 Å². The Morgan fingerprint density at radius 2 is 1.16 bits per heavy atom. The predicted molar refractivity (Wildman–Crippen MR) is 142 cm³/mol. The molecule has 2 atom stereocenters. The summed E-state index contributed by atoms with van der Waals surface area (Å²) in [4.78, 5) is 48.4. The van der Waals surface area contributed by atoms with Crippen LogP contribution in [0.25, 0.3) is 12.2 Å². The molecule has 0 saturated carbocycles. The molecular formula is C30H35O8. The second kappa shape index (κ2) is 16.0. The molecule has 0 heterocycles. The van der Waals surface area contributed by atoms with E-state index in [1.165, 1.54) is 6.07 Å². The highest BCUT2D eigenvalue weighted by Gasteiger charge is 2.18. The van der Waals surface area contributed by atoms with Crippen LogP contribution in [0.3, 0.4) is 0 Å². The average Bonchev–Trinajstić information content (AvgIpc) is 2.83. The summed E-state index contributed by atoms with van der Waals surface area (Å²) in [6.45, 7) is 6.96. The normalized spacial score (nSPS) is 12.4. The molecule has 0 unspecified atom stereocenters. The third-order valence-corrected chi connectivity index (χ3v) is 5.06. The summed E-state index contributed by atoms with van der Waals surface area (Å²) in [5.41, 5.74) is 1.55. The van der Waals surface area contributed by atoms with Gasteiger partial charge in [-0.2, -0.15) is 0 Å². The molecule has 0 fully saturated rings. The van der Waals surface area contributed by atoms with Crippen LogP contribution in [0.2, 0.25) is 0 Å². The van der Waals surface area contributed by atoms with E-state index in [9.17, 15) is 19.2 Å². The van der Waals surface area contributed by atoms with Gasteiger partial charge in [-0.3, -0.25) is 19.2 Å². The lowest BCUT2D eigenvalue weighted by Gasteiger charge is -2.14. The molecule has 0 bridgehead atoms. The van der Waals surface area contributed by atoms with E-state index in [0.29, 0.717) is 18.4 Å². The number of carbonyl (C=O) groups excluding carboxylic acids is 4. The van der Waals surface area contributed by atoms with Gasteiger partial charge in [-0.15, -0.1) is 0 Å². The van der Waals surface area contributed by atoms with Gasteiger partial charge in [0.25, 0.3) is 0 Å². The summed E-state index contributed by atoms with van der Waals surface area (Å²) < 4.78 is 21.4. The van der Waals surface area contributed by atoms with Gasteiger partial charge in [-0.1, -0.05) is 50.3 Å². The lowest BCUT2D eigenvalue weighted by molar-refractivity contribution is -0.152. The van der Waals surface area contributed by atoms with Crippen molar-refractivity contribution in [2.75, 3.05) is 0 Å². The van der Waals surface area contributed by atoms with Gasteiger partial charge in [0, 0.05) is 18.9 Å². The van der Waals surface area contributed by atoms with E-state index in [1.807, 2.05) is 32.1 Å². The van der Waals surface area contributed by atoms with E-state index in [0.717, 1.165) is 5.56 Å². The van der Waals surface area contributed by atoms with Gasteiger partial charge >= 0.3 is 23.9 Å². The Morgan fingerprint density at radius 3 is 1.61 bits per heavy atom. The van der Waals surface area contributed by atoms with Gasteiger partial charge in [-0.05, 0) is 56.0 Å². The first-order valence-corrected chi connectivity index (χ1v) is 12.8. The van der Waals surface area contributed by atoms with E-state index in [-0.39, 0.29) is 49.1 Å². The quantitative estimate of drug-likeness (QED) is 0.176. The largest absolute Gasteiger partial charge is 0.462 e. The molecule has 8 heteroatoms. The first-order valence-electron chi connectivity index (χ1n) is 12.8. The van der Waals surface area contributed by atoms with Crippen molar-refractivity contribution in [1.29, 1.82) is 0 Å². The topological polar surface area (TPSA) is 105 Å². The van der Waals surface area contributed by atoms with Gasteiger partial charge in [0.2, 0.25) is 0 Å². The van der Waals surface area contributed by atoms with Gasteiger partial charge in [-0.25, -0.2) is 0 Å². The highest BCUT2D eigenvalue weighted by molar-refractivity contribution is 5.78. The molecule has 0 amide bonds. The zero-order valence-electron chi connectivity index (χ0n) is 22.4. The minimum atomic E-state index is -0.645. The van der Waals surface area contributed by atoms with Gasteiger partial charge < -0.3 is 18.9 Å². The van der Waals surface area contributed by atoms with E-state index in [2.05, 4.69) is 6.07 Å². The highest BCUT2D eigenvalue weighted by Crippen LogP contribution is 2.26. The summed E-state index contributed by atoms with van der Waals surface area (Å²) in [5.74, 6) is -1.62. The summed E-state index contributed by atoms with van der Waals surface area (Å²) in [6, 6.07) is 15.0. The fraction of sp³-hybridized carbons (Fsp3) is 0.400. The number of ether oxygens (including phenoxy) is 4. The monoisotopic (exact) mass is 523 g/mol. The predicted octanol–water partition coefficient (Wildman–Crippen LogP) is 5.71. The van der Waals surface area contributed by atoms with Gasteiger partial charge in [0.15, 0.2) is 0 Å². The van der Waals surface area contributed by atoms with Crippen LogP contribution < -0.4 is 9.47 Å². The molecule has 38 heavy (non-hydrogen) atoms. The van der Waals surface area contributed by atoms with Crippen molar-refractivity contribution in [2.45, 2.75) is 78.4 Å². The maximum Gasteiger partial charge on any atom is 0.314 e. The molecular weight excluding hydrogens is 488 g/mol. The van der Waals surface area contributed by atoms with Crippen LogP contribution in [0.15, 0.2) is 42.5 Å². The first kappa shape index (κ1) is 30.3. The van der Waals surface area contributed by atoms with E-state index in [1.54, 1.807) is 44.2 Å². The third-order valence-electron chi connectivity index (χ3n) is 5.06. The average molecular weight is 524 g/mol. The molecule has 0 aromatic heterocycles. The van der Waals surface area contributed by atoms with Crippen LogP contribution in [0.4, 0.5) is 0 Å². The van der Waals surface area contributed by atoms with Crippen molar-refractivity contribution in [3.05, 3.63) is 59.7 Å². The smallest absolute Gasteiger partial charge is 0.314 e. The van der Waals surface area contributed by atoms with E-state index in [4.69, 9.17) is 18.9 Å². The molecule has 0 saturated heterocycles. The first-order chi connectivity index (χ1) is 18.2. The lowest BCUT2D eigenvalue weighted by atomic mass is 10.1. The molecule has 0 aliphatic heterocycles. The Morgan fingerprint density at radius 1 is 0.711 bits per heavy atom. The van der Waals surface area contributed by atoms with Crippen LogP contribution in [0.1, 0.15) is 77.3 Å². The standard InChI is InChI=1S/C30H35O8/c1-5-10-27(31)35-21(3)16-29(33)37-25-18-24(15-14-23-12-8-7-9-13-23)19-26(20-25)38-30(34)17-22(4)36-28(32)11-6-2/h8-9,12-15,18-22H,5-6,10-11,16-17H2,1-4H3/b15-14+/t21-,22-/m1/s1. The van der Waals surface area contributed by atoms with Crippen molar-refractivity contribution in [1.82, 2.24) is 0 Å². The summed E-state index contributed by atoms with van der Waals surface area (Å²) in [7, 11) is 0. The van der Waals surface area contributed by atoms with Crippen molar-refractivity contribution in [3.8, 4) is 11.5 Å². The molecule has 0 spiro atoms. The Bertz CT molecular complexity index is 1050. The zero-order chi connectivity index (χ0) is 27.9. The second-order valence-electron chi connectivity index (χ2n) is 8.86. The molecule has 0 aliphatic carbocycles. The van der Waals surface area contributed by atoms with Crippen LogP contribution >= 0.6 is 0 Å². The number of esters is 4. The van der Waals surface area contributed by atoms with Crippen LogP contribution in [0.5, 0.6) is 11.5 Å². The molecule has 2 aromatic carbocycles. The molecule has 1 radical (unpaired) electrons. The summed E-state index contributed by atoms with van der Waals surface area (Å²) >= 11 is 0. The van der Waals surface area contributed by atoms with Crippen LogP contribution in [-0.2, 0) is 28.7 Å². The Labute approximate surface area is 223 Å². The van der Waals surface area contributed by atoms with Crippen LogP contribution in [0, 0.1) is 6.07 Å². The minimum absolute atomic E-state index is 0.133. The summed E-state index contributed by atoms with van der Waals surface area (Å²) in [5, 5.41) is 0. The zero-order valence-corrected chi connectivity index (χ0v) is 22.4. The molecule has 2 aromatic rings. The van der Waals surface area contributed by atoms with Gasteiger partial charge in [0.1, 0.15) is 23.7 Å². The number of carbonyl (C=O) groups is 4. The lowest BCUT2D eigenvalue weighted by Crippen LogP contribution is -2.22. The SMILES string of the molecule is CCCC(=O)O[C@H](C)CC(=O)Oc1cc(/C=C/c2cc[c]cc2)cc(OC(=O)C[C@@H](C)OC(=O)CCC)c1. The van der Waals surface area contributed by atoms with Crippen molar-refractivity contribution < 1.29 is 38.1 Å². The second-order valence-corrected chi connectivity index (χ2v) is 8.86. The van der Waals surface area contributed by atoms with Crippen molar-refractivity contribution >= 4 is 36.0 Å². The maximum absolute atomic E-state index is 12.5. The highest BCUT2D eigenvalue weighted by atomic mass is 16.6. The molecule has 0 N–H and O–H groups in total. The third kappa shape index (κ3) is 11.9. The Kier molecular flexibility index (Phi) is 12.8. The number of hydrogen-bond acceptors (Lipinski definition) is 8. The van der Waals surface area contributed by atoms with Crippen molar-refractivity contribution in [2.24, 2.45) is 0 Å². The molecule has 2 rings (SSSR count). The van der Waals surface area contributed by atoms with Gasteiger partial charge in [0.05, 0.1) is 12.8 Å². The number of hydrogen-bond donors (Lipinski definition) is 0. The minimum Gasteiger partial charge on any atom is -0.462 e. The summed E-state index contributed by atoms with van der Waals surface area (Å²) in [6.07, 6.45) is 3.94. The fourth-order valence-corrected chi connectivity index (χ4v) is 3.39. The Hall–Kier alpha value is -3.94. The Balaban J connectivity index is 2.14. The molecule has 0 aliphatic rings. The molecule has 8 nitrogen and oxygen atoms in total. The molecule has 203 valence electrons. The van der Waals surface area contributed by atoms with E-state index < -0.39 is 24.1 Å². The maximum atomic E-state index is 12.5. The van der Waals surface area contributed by atoms with E-state index >= 15 is 0 Å². The number of benzene rings is 2. The number of rotatable bonds is 14. The van der Waals surface area contributed by atoms with Crippen molar-refractivity contribution in [3.63, 3.8) is 0 Å². The fourth-order valence-electron chi connectivity index (χ4n) is 3.39.